The molecular weight excluding hydrogens is 462 g/mol. The molecule has 8 nitrogen and oxygen atoms in total. The highest BCUT2D eigenvalue weighted by atomic mass is 32.2. The van der Waals surface area contributed by atoms with E-state index in [-0.39, 0.29) is 11.5 Å². The number of nitrogens with one attached hydrogen (secondary N) is 1. The summed E-state index contributed by atoms with van der Waals surface area (Å²) in [5.74, 6) is 0.767. The van der Waals surface area contributed by atoms with Crippen molar-refractivity contribution < 1.29 is 9.53 Å². The fraction of sp³-hybridized carbons (Fsp3) is 0.154. The van der Waals surface area contributed by atoms with Crippen molar-refractivity contribution in [3.8, 4) is 11.4 Å². The van der Waals surface area contributed by atoms with E-state index in [1.165, 1.54) is 11.8 Å². The highest BCUT2D eigenvalue weighted by Crippen LogP contribution is 2.28. The van der Waals surface area contributed by atoms with Gasteiger partial charge in [-0.05, 0) is 50.2 Å². The molecule has 0 fully saturated rings. The number of aryl methyl sites for hydroxylation is 1. The van der Waals surface area contributed by atoms with Gasteiger partial charge in [0.05, 0.1) is 34.6 Å². The molecule has 5 rings (SSSR count). The van der Waals surface area contributed by atoms with E-state index in [0.717, 1.165) is 5.56 Å². The first-order chi connectivity index (χ1) is 17.0. The lowest BCUT2D eigenvalue weighted by Gasteiger charge is -2.14. The van der Waals surface area contributed by atoms with Crippen molar-refractivity contribution in [1.29, 1.82) is 0 Å². The maximum atomic E-state index is 13.4. The molecule has 3 aromatic carbocycles. The molecule has 1 unspecified atom stereocenters. The number of aromatic nitrogens is 4. The average molecular weight is 486 g/mol. The minimum atomic E-state index is -0.495. The summed E-state index contributed by atoms with van der Waals surface area (Å²) < 4.78 is 8.71. The number of para-hydroxylation sites is 3. The molecule has 0 aliphatic rings. The van der Waals surface area contributed by atoms with Gasteiger partial charge in [0.1, 0.15) is 5.75 Å². The van der Waals surface area contributed by atoms with Gasteiger partial charge in [0.2, 0.25) is 11.7 Å². The Kier molecular flexibility index (Phi) is 6.00. The van der Waals surface area contributed by atoms with Gasteiger partial charge in [0.15, 0.2) is 5.16 Å². The third kappa shape index (κ3) is 4.15. The molecule has 5 aromatic rings. The van der Waals surface area contributed by atoms with Gasteiger partial charge in [-0.1, -0.05) is 53.7 Å². The SMILES string of the molecule is COc1ccccc1NC(=O)C(C)Sc1nnc2n(-c3ccc(C)cc3)c(=O)c3ccccc3n12. The number of nitrogens with zero attached hydrogens (tertiary/aromatic N) is 4. The monoisotopic (exact) mass is 485 g/mol. The molecule has 0 spiro atoms. The summed E-state index contributed by atoms with van der Waals surface area (Å²) in [6, 6.07) is 22.3. The predicted molar refractivity (Wildman–Crippen MR) is 138 cm³/mol. The van der Waals surface area contributed by atoms with Gasteiger partial charge >= 0.3 is 0 Å². The Hall–Kier alpha value is -4.11. The molecule has 0 aliphatic carbocycles. The highest BCUT2D eigenvalue weighted by Gasteiger charge is 2.22. The Balaban J connectivity index is 1.57. The van der Waals surface area contributed by atoms with Crippen LogP contribution in [0.5, 0.6) is 5.75 Å². The molecule has 1 atom stereocenters. The smallest absolute Gasteiger partial charge is 0.267 e. The molecule has 176 valence electrons. The first-order valence-electron chi connectivity index (χ1n) is 11.0. The van der Waals surface area contributed by atoms with Gasteiger partial charge in [-0.25, -0.2) is 4.57 Å². The largest absolute Gasteiger partial charge is 0.495 e. The fourth-order valence-electron chi connectivity index (χ4n) is 3.88. The molecule has 1 amide bonds. The number of methoxy groups -OCH3 is 1. The number of fused-ring (bicyclic) bond motifs is 3. The first kappa shape index (κ1) is 22.7. The van der Waals surface area contributed by atoms with Gasteiger partial charge in [-0.2, -0.15) is 0 Å². The molecule has 0 aliphatic heterocycles. The summed E-state index contributed by atoms with van der Waals surface area (Å²) in [5.41, 5.74) is 2.88. The van der Waals surface area contributed by atoms with Gasteiger partial charge in [0, 0.05) is 0 Å². The van der Waals surface area contributed by atoms with Crippen LogP contribution >= 0.6 is 11.8 Å². The van der Waals surface area contributed by atoms with Crippen molar-refractivity contribution in [3.05, 3.63) is 88.7 Å². The van der Waals surface area contributed by atoms with E-state index in [1.807, 2.05) is 65.9 Å². The van der Waals surface area contributed by atoms with Crippen LogP contribution in [0.1, 0.15) is 12.5 Å². The lowest BCUT2D eigenvalue weighted by molar-refractivity contribution is -0.115. The van der Waals surface area contributed by atoms with Crippen LogP contribution in [0.3, 0.4) is 0 Å². The van der Waals surface area contributed by atoms with Crippen molar-refractivity contribution in [3.63, 3.8) is 0 Å². The molecule has 9 heteroatoms. The normalized spacial score (nSPS) is 12.1. The number of amides is 1. The van der Waals surface area contributed by atoms with E-state index in [1.54, 1.807) is 36.8 Å². The Bertz CT molecular complexity index is 1610. The van der Waals surface area contributed by atoms with Gasteiger partial charge in [0.25, 0.3) is 5.56 Å². The lowest BCUT2D eigenvalue weighted by atomic mass is 10.2. The third-order valence-electron chi connectivity index (χ3n) is 5.70. The van der Waals surface area contributed by atoms with Crippen LogP contribution in [0.2, 0.25) is 0 Å². The minimum absolute atomic E-state index is 0.178. The number of benzene rings is 3. The van der Waals surface area contributed by atoms with Gasteiger partial charge < -0.3 is 10.1 Å². The fourth-order valence-corrected chi connectivity index (χ4v) is 4.73. The van der Waals surface area contributed by atoms with Crippen LogP contribution < -0.4 is 15.6 Å². The van der Waals surface area contributed by atoms with Gasteiger partial charge in [-0.3, -0.25) is 14.0 Å². The second kappa shape index (κ2) is 9.27. The third-order valence-corrected chi connectivity index (χ3v) is 6.75. The number of carbonyl (C=O) groups excluding carboxylic acids is 1. The number of ether oxygens (including phenoxy) is 1. The van der Waals surface area contributed by atoms with Crippen molar-refractivity contribution >= 4 is 40.0 Å². The molecule has 1 N–H and O–H groups in total. The second-order valence-corrected chi connectivity index (χ2v) is 9.37. The Morgan fingerprint density at radius 3 is 2.49 bits per heavy atom. The molecule has 0 saturated heterocycles. The molecule has 2 heterocycles. The van der Waals surface area contributed by atoms with E-state index in [4.69, 9.17) is 4.74 Å². The van der Waals surface area contributed by atoms with Crippen molar-refractivity contribution in [1.82, 2.24) is 19.2 Å². The number of carbonyl (C=O) groups is 1. The Morgan fingerprint density at radius 1 is 1.00 bits per heavy atom. The maximum absolute atomic E-state index is 13.4. The lowest BCUT2D eigenvalue weighted by Crippen LogP contribution is -2.24. The molecular formula is C26H23N5O3S. The van der Waals surface area contributed by atoms with Crippen molar-refractivity contribution in [2.24, 2.45) is 0 Å². The highest BCUT2D eigenvalue weighted by molar-refractivity contribution is 8.00. The molecule has 0 radical (unpaired) electrons. The van der Waals surface area contributed by atoms with Crippen LogP contribution in [0, 0.1) is 6.92 Å². The number of anilines is 1. The zero-order valence-corrected chi connectivity index (χ0v) is 20.2. The van der Waals surface area contributed by atoms with E-state index in [0.29, 0.717) is 39.0 Å². The van der Waals surface area contributed by atoms with E-state index in [9.17, 15) is 9.59 Å². The first-order valence-corrected chi connectivity index (χ1v) is 11.9. The summed E-state index contributed by atoms with van der Waals surface area (Å²) in [6.45, 7) is 3.79. The van der Waals surface area contributed by atoms with Gasteiger partial charge in [-0.15, -0.1) is 10.2 Å². The quantitative estimate of drug-likeness (QED) is 0.357. The Labute approximate surface area is 205 Å². The molecule has 35 heavy (non-hydrogen) atoms. The van der Waals surface area contributed by atoms with Crippen LogP contribution in [0.25, 0.3) is 22.4 Å². The molecule has 0 bridgehead atoms. The molecule has 0 saturated carbocycles. The van der Waals surface area contributed by atoms with Crippen molar-refractivity contribution in [2.75, 3.05) is 12.4 Å². The topological polar surface area (TPSA) is 90.5 Å². The number of rotatable bonds is 6. The summed E-state index contributed by atoms with van der Waals surface area (Å²) in [4.78, 5) is 26.4. The van der Waals surface area contributed by atoms with Crippen LogP contribution in [-0.4, -0.2) is 37.4 Å². The van der Waals surface area contributed by atoms with Crippen LogP contribution in [0.15, 0.2) is 82.7 Å². The summed E-state index contributed by atoms with van der Waals surface area (Å²) in [7, 11) is 1.56. The number of thioether (sulfide) groups is 1. The summed E-state index contributed by atoms with van der Waals surface area (Å²) >= 11 is 1.27. The zero-order valence-electron chi connectivity index (χ0n) is 19.4. The second-order valence-electron chi connectivity index (χ2n) is 8.06. The van der Waals surface area contributed by atoms with E-state index in [2.05, 4.69) is 15.5 Å². The van der Waals surface area contributed by atoms with Crippen LogP contribution in [0.4, 0.5) is 5.69 Å². The van der Waals surface area contributed by atoms with E-state index >= 15 is 0 Å². The number of hydrogen-bond donors (Lipinski definition) is 1. The average Bonchev–Trinajstić information content (AvgIpc) is 3.28. The molecule has 2 aromatic heterocycles. The maximum Gasteiger partial charge on any atom is 0.267 e. The summed E-state index contributed by atoms with van der Waals surface area (Å²) in [6.07, 6.45) is 0. The van der Waals surface area contributed by atoms with Crippen LogP contribution in [-0.2, 0) is 4.79 Å². The predicted octanol–water partition coefficient (Wildman–Crippen LogP) is 4.47. The Morgan fingerprint density at radius 2 is 1.71 bits per heavy atom. The number of hydrogen-bond acceptors (Lipinski definition) is 6. The summed E-state index contributed by atoms with van der Waals surface area (Å²) in [5, 5.41) is 12.2. The standard InChI is InChI=1S/C26H23N5O3S/c1-16-12-14-18(15-13-16)30-24(33)19-8-4-6-10-21(19)31-25(30)28-29-26(31)35-17(2)23(32)27-20-9-5-7-11-22(20)34-3/h4-15,17H,1-3H3,(H,27,32). The van der Waals surface area contributed by atoms with E-state index < -0.39 is 5.25 Å². The minimum Gasteiger partial charge on any atom is -0.495 e. The zero-order chi connectivity index (χ0) is 24.5. The van der Waals surface area contributed by atoms with Crippen molar-refractivity contribution in [2.45, 2.75) is 24.3 Å².